The first-order valence-electron chi connectivity index (χ1n) is 4.18. The zero-order valence-electron chi connectivity index (χ0n) is 7.90. The maximum atomic E-state index is 11.0. The first-order chi connectivity index (χ1) is 7.18. The van der Waals surface area contributed by atoms with Gasteiger partial charge in [0.2, 0.25) is 0 Å². The van der Waals surface area contributed by atoms with Gasteiger partial charge in [0.25, 0.3) is 0 Å². The number of anilines is 1. The average molecular weight is 286 g/mol. The van der Waals surface area contributed by atoms with Crippen LogP contribution >= 0.6 is 15.9 Å². The summed E-state index contributed by atoms with van der Waals surface area (Å²) in [6.07, 6.45) is 4.84. The fraction of sp³-hybridized carbons (Fsp3) is 0.111. The normalized spacial score (nSPS) is 12.7. The van der Waals surface area contributed by atoms with Crippen molar-refractivity contribution in [2.45, 2.75) is 0 Å². The molecule has 1 atom stereocenters. The molecule has 1 aromatic carbocycles. The Balaban J connectivity index is 2.59. The molecule has 4 nitrogen and oxygen atoms in total. The van der Waals surface area contributed by atoms with Crippen LogP contribution in [0.4, 0.5) is 5.69 Å². The van der Waals surface area contributed by atoms with Crippen LogP contribution in [0.1, 0.15) is 0 Å². The smallest absolute Gasteiger partial charge is 0.113 e. The zero-order valence-corrected chi connectivity index (χ0v) is 10.3. The molecule has 0 aliphatic rings. The van der Waals surface area contributed by atoms with Crippen LogP contribution in [-0.2, 0) is 11.0 Å². The Morgan fingerprint density at radius 1 is 1.33 bits per heavy atom. The molecular formula is C9H8BrN3OS. The molecule has 1 N–H and O–H groups in total. The number of halogens is 1. The van der Waals surface area contributed by atoms with Gasteiger partial charge in [-0.05, 0) is 28.1 Å². The molecule has 1 aromatic heterocycles. The summed E-state index contributed by atoms with van der Waals surface area (Å²) in [6.45, 7) is 0. The van der Waals surface area contributed by atoms with Gasteiger partial charge in [0, 0.05) is 18.6 Å². The van der Waals surface area contributed by atoms with Gasteiger partial charge in [-0.2, -0.15) is 0 Å². The molecule has 0 fully saturated rings. The summed E-state index contributed by atoms with van der Waals surface area (Å²) in [5.74, 6) is 0. The van der Waals surface area contributed by atoms with Crippen molar-refractivity contribution in [1.29, 1.82) is 0 Å². The number of nitrogens with one attached hydrogen (secondary N) is 1. The largest absolute Gasteiger partial charge is 0.304 e. The van der Waals surface area contributed by atoms with Crippen LogP contribution in [0.3, 0.4) is 0 Å². The Labute approximate surface area is 97.8 Å². The van der Waals surface area contributed by atoms with Crippen LogP contribution in [-0.4, -0.2) is 20.4 Å². The first kappa shape index (κ1) is 10.5. The fourth-order valence-electron chi connectivity index (χ4n) is 1.24. The molecule has 15 heavy (non-hydrogen) atoms. The number of rotatable bonds is 2. The van der Waals surface area contributed by atoms with Crippen molar-refractivity contribution in [3.63, 3.8) is 0 Å². The van der Waals surface area contributed by atoms with E-state index in [1.807, 2.05) is 12.1 Å². The summed E-state index contributed by atoms with van der Waals surface area (Å²) in [5.41, 5.74) is 2.31. The van der Waals surface area contributed by atoms with E-state index in [1.54, 1.807) is 18.6 Å². The molecular weight excluding hydrogens is 278 g/mol. The number of benzene rings is 1. The Hall–Kier alpha value is -1.01. The maximum Gasteiger partial charge on any atom is 0.113 e. The lowest BCUT2D eigenvalue weighted by atomic mass is 10.3. The Morgan fingerprint density at radius 2 is 2.07 bits per heavy atom. The van der Waals surface area contributed by atoms with Crippen LogP contribution in [0.25, 0.3) is 11.0 Å². The number of hydrogen-bond acceptors (Lipinski definition) is 3. The van der Waals surface area contributed by atoms with Crippen molar-refractivity contribution in [3.05, 3.63) is 29.0 Å². The molecule has 2 aromatic rings. The Morgan fingerprint density at radius 3 is 2.80 bits per heavy atom. The van der Waals surface area contributed by atoms with Crippen LogP contribution in [0, 0.1) is 0 Å². The standard InChI is InChI=1S/C9H8BrN3OS/c1-15(14)13-6-2-3-7-9(8(6)10)12-5-4-11-7/h2-5,13H,1H3. The average Bonchev–Trinajstić information content (AvgIpc) is 2.22. The van der Waals surface area contributed by atoms with Crippen molar-refractivity contribution in [3.8, 4) is 0 Å². The minimum absolute atomic E-state index is 0.754. The van der Waals surface area contributed by atoms with Crippen LogP contribution in [0.2, 0.25) is 0 Å². The van der Waals surface area contributed by atoms with Gasteiger partial charge in [-0.1, -0.05) is 0 Å². The zero-order chi connectivity index (χ0) is 10.8. The van der Waals surface area contributed by atoms with E-state index in [0.29, 0.717) is 0 Å². The van der Waals surface area contributed by atoms with E-state index in [4.69, 9.17) is 0 Å². The van der Waals surface area contributed by atoms with E-state index in [-0.39, 0.29) is 0 Å². The summed E-state index contributed by atoms with van der Waals surface area (Å²) < 4.78 is 14.6. The monoisotopic (exact) mass is 285 g/mol. The second kappa shape index (κ2) is 4.24. The third-order valence-electron chi connectivity index (χ3n) is 1.83. The van der Waals surface area contributed by atoms with E-state index in [1.165, 1.54) is 0 Å². The van der Waals surface area contributed by atoms with E-state index in [2.05, 4.69) is 30.6 Å². The van der Waals surface area contributed by atoms with Crippen molar-refractivity contribution in [2.24, 2.45) is 0 Å². The molecule has 6 heteroatoms. The molecule has 0 bridgehead atoms. The lowest BCUT2D eigenvalue weighted by Crippen LogP contribution is -2.02. The molecule has 2 rings (SSSR count). The minimum Gasteiger partial charge on any atom is -0.304 e. The van der Waals surface area contributed by atoms with Gasteiger partial charge in [-0.25, -0.2) is 4.21 Å². The number of hydrogen-bond donors (Lipinski definition) is 1. The molecule has 1 unspecified atom stereocenters. The summed E-state index contributed by atoms with van der Waals surface area (Å²) in [5, 5.41) is 0. The van der Waals surface area contributed by atoms with Crippen molar-refractivity contribution in [2.75, 3.05) is 11.0 Å². The predicted molar refractivity (Wildman–Crippen MR) is 64.9 cm³/mol. The second-order valence-corrected chi connectivity index (χ2v) is 4.81. The van der Waals surface area contributed by atoms with E-state index in [9.17, 15) is 4.21 Å². The molecule has 0 aliphatic carbocycles. The highest BCUT2D eigenvalue weighted by molar-refractivity contribution is 9.10. The van der Waals surface area contributed by atoms with Crippen LogP contribution < -0.4 is 4.72 Å². The SMILES string of the molecule is CS(=O)Nc1ccc2nccnc2c1Br. The van der Waals surface area contributed by atoms with E-state index < -0.39 is 11.0 Å². The summed E-state index contributed by atoms with van der Waals surface area (Å²) in [4.78, 5) is 8.37. The highest BCUT2D eigenvalue weighted by Crippen LogP contribution is 2.28. The van der Waals surface area contributed by atoms with Crippen molar-refractivity contribution >= 4 is 43.6 Å². The third-order valence-corrected chi connectivity index (χ3v) is 3.14. The summed E-state index contributed by atoms with van der Waals surface area (Å²) in [7, 11) is -1.10. The Bertz CT molecular complexity index is 532. The third kappa shape index (κ3) is 2.15. The molecule has 78 valence electrons. The summed E-state index contributed by atoms with van der Waals surface area (Å²) in [6, 6.07) is 3.66. The molecule has 0 spiro atoms. The highest BCUT2D eigenvalue weighted by atomic mass is 79.9. The summed E-state index contributed by atoms with van der Waals surface area (Å²) >= 11 is 3.41. The van der Waals surface area contributed by atoms with Crippen LogP contribution in [0.15, 0.2) is 29.0 Å². The molecule has 0 saturated heterocycles. The minimum atomic E-state index is -1.10. The fourth-order valence-corrected chi connectivity index (χ4v) is 2.38. The lowest BCUT2D eigenvalue weighted by Gasteiger charge is -2.06. The quantitative estimate of drug-likeness (QED) is 0.919. The predicted octanol–water partition coefficient (Wildman–Crippen LogP) is 2.10. The van der Waals surface area contributed by atoms with Crippen molar-refractivity contribution < 1.29 is 4.21 Å². The molecule has 0 amide bonds. The van der Waals surface area contributed by atoms with Gasteiger partial charge in [0.15, 0.2) is 0 Å². The van der Waals surface area contributed by atoms with E-state index >= 15 is 0 Å². The molecule has 0 radical (unpaired) electrons. The maximum absolute atomic E-state index is 11.0. The van der Waals surface area contributed by atoms with Gasteiger partial charge in [0.1, 0.15) is 16.5 Å². The topological polar surface area (TPSA) is 54.9 Å². The van der Waals surface area contributed by atoms with Gasteiger partial charge in [-0.15, -0.1) is 0 Å². The van der Waals surface area contributed by atoms with Gasteiger partial charge < -0.3 is 4.72 Å². The lowest BCUT2D eigenvalue weighted by molar-refractivity contribution is 0.690. The molecule has 0 saturated carbocycles. The van der Waals surface area contributed by atoms with E-state index in [0.717, 1.165) is 21.2 Å². The van der Waals surface area contributed by atoms with Gasteiger partial charge in [0.05, 0.1) is 15.7 Å². The van der Waals surface area contributed by atoms with Crippen molar-refractivity contribution in [1.82, 2.24) is 9.97 Å². The van der Waals surface area contributed by atoms with Gasteiger partial charge >= 0.3 is 0 Å². The number of nitrogens with zero attached hydrogens (tertiary/aromatic N) is 2. The number of fused-ring (bicyclic) bond motifs is 1. The van der Waals surface area contributed by atoms with Gasteiger partial charge in [-0.3, -0.25) is 9.97 Å². The van der Waals surface area contributed by atoms with Crippen LogP contribution in [0.5, 0.6) is 0 Å². The second-order valence-electron chi connectivity index (χ2n) is 2.91. The Kier molecular flexibility index (Phi) is 2.97. The number of aromatic nitrogens is 2. The first-order valence-corrected chi connectivity index (χ1v) is 6.53. The highest BCUT2D eigenvalue weighted by Gasteiger charge is 2.06. The molecule has 0 aliphatic heterocycles. The molecule has 1 heterocycles.